The smallest absolute Gasteiger partial charge is 0.0897 e. The lowest BCUT2D eigenvalue weighted by molar-refractivity contribution is -0.0174. The summed E-state index contributed by atoms with van der Waals surface area (Å²) in [7, 11) is 0. The maximum absolute atomic E-state index is 9.66. The second-order valence-corrected chi connectivity index (χ2v) is 4.86. The minimum Gasteiger partial charge on any atom is -0.389 e. The molecule has 4 heteroatoms. The van der Waals surface area contributed by atoms with Gasteiger partial charge in [-0.25, -0.2) is 0 Å². The van der Waals surface area contributed by atoms with Crippen LogP contribution in [0.15, 0.2) is 0 Å². The van der Waals surface area contributed by atoms with Crippen molar-refractivity contribution in [2.24, 2.45) is 0 Å². The van der Waals surface area contributed by atoms with Crippen molar-refractivity contribution in [2.75, 3.05) is 26.4 Å². The quantitative estimate of drug-likeness (QED) is 0.674. The van der Waals surface area contributed by atoms with Gasteiger partial charge >= 0.3 is 0 Å². The second kappa shape index (κ2) is 6.55. The van der Waals surface area contributed by atoms with Crippen LogP contribution in [0.4, 0.5) is 0 Å². The van der Waals surface area contributed by atoms with Gasteiger partial charge in [0.15, 0.2) is 0 Å². The summed E-state index contributed by atoms with van der Waals surface area (Å²) in [5.74, 6) is 0. The fraction of sp³-hybridized carbons (Fsp3) is 1.00. The molecule has 2 unspecified atom stereocenters. The normalized spacial score (nSPS) is 27.9. The molecule has 0 aromatic carbocycles. The zero-order valence-electron chi connectivity index (χ0n) is 9.86. The lowest BCUT2D eigenvalue weighted by Gasteiger charge is -2.27. The average Bonchev–Trinajstić information content (AvgIpc) is 2.68. The zero-order valence-corrected chi connectivity index (χ0v) is 9.86. The van der Waals surface area contributed by atoms with E-state index in [4.69, 9.17) is 9.47 Å². The van der Waals surface area contributed by atoms with Gasteiger partial charge in [-0.2, -0.15) is 0 Å². The molecule has 94 valence electrons. The van der Waals surface area contributed by atoms with Gasteiger partial charge in [-0.3, -0.25) is 0 Å². The molecule has 0 aromatic rings. The Kier molecular flexibility index (Phi) is 5.03. The molecule has 2 N–H and O–H groups in total. The highest BCUT2D eigenvalue weighted by Gasteiger charge is 2.18. The van der Waals surface area contributed by atoms with E-state index >= 15 is 0 Å². The zero-order chi connectivity index (χ0) is 11.2. The highest BCUT2D eigenvalue weighted by atomic mass is 16.5. The molecule has 16 heavy (non-hydrogen) atoms. The molecule has 1 saturated heterocycles. The number of nitrogens with one attached hydrogen (secondary N) is 1. The first-order chi connectivity index (χ1) is 7.84. The van der Waals surface area contributed by atoms with Crippen molar-refractivity contribution in [3.8, 4) is 0 Å². The first-order valence-electron chi connectivity index (χ1n) is 6.45. The van der Waals surface area contributed by atoms with E-state index in [9.17, 15) is 5.11 Å². The molecular weight excluding hydrogens is 206 g/mol. The van der Waals surface area contributed by atoms with Crippen LogP contribution in [0.3, 0.4) is 0 Å². The third-order valence-corrected chi connectivity index (χ3v) is 3.39. The maximum atomic E-state index is 9.66. The van der Waals surface area contributed by atoms with Crippen molar-refractivity contribution in [2.45, 2.75) is 50.4 Å². The predicted molar refractivity (Wildman–Crippen MR) is 61.4 cm³/mol. The van der Waals surface area contributed by atoms with Crippen molar-refractivity contribution in [1.29, 1.82) is 0 Å². The van der Waals surface area contributed by atoms with E-state index < -0.39 is 0 Å². The SMILES string of the molecule is OC(CNC1CCC1)COCC1CCCO1. The van der Waals surface area contributed by atoms with E-state index in [1.807, 2.05) is 0 Å². The molecular formula is C12H23NO3. The third-order valence-electron chi connectivity index (χ3n) is 3.39. The van der Waals surface area contributed by atoms with Crippen molar-refractivity contribution in [3.63, 3.8) is 0 Å². The van der Waals surface area contributed by atoms with Crippen LogP contribution in [0.2, 0.25) is 0 Å². The van der Waals surface area contributed by atoms with Gasteiger partial charge in [0.05, 0.1) is 25.4 Å². The largest absolute Gasteiger partial charge is 0.389 e. The number of rotatable bonds is 7. The molecule has 0 bridgehead atoms. The summed E-state index contributed by atoms with van der Waals surface area (Å²) in [6, 6.07) is 0.632. The number of hydrogen-bond acceptors (Lipinski definition) is 4. The summed E-state index contributed by atoms with van der Waals surface area (Å²) in [6.45, 7) is 2.55. The fourth-order valence-electron chi connectivity index (χ4n) is 2.09. The second-order valence-electron chi connectivity index (χ2n) is 4.86. The van der Waals surface area contributed by atoms with E-state index in [0.29, 0.717) is 25.8 Å². The lowest BCUT2D eigenvalue weighted by atomic mass is 9.93. The first kappa shape index (κ1) is 12.3. The van der Waals surface area contributed by atoms with Gasteiger partial charge in [0, 0.05) is 19.2 Å². The molecule has 2 atom stereocenters. The van der Waals surface area contributed by atoms with Crippen LogP contribution in [0.1, 0.15) is 32.1 Å². The van der Waals surface area contributed by atoms with Crippen LogP contribution in [0.25, 0.3) is 0 Å². The monoisotopic (exact) mass is 229 g/mol. The van der Waals surface area contributed by atoms with Crippen molar-refractivity contribution >= 4 is 0 Å². The molecule has 2 fully saturated rings. The van der Waals surface area contributed by atoms with Crippen molar-refractivity contribution < 1.29 is 14.6 Å². The number of aliphatic hydroxyl groups excluding tert-OH is 1. The van der Waals surface area contributed by atoms with Crippen LogP contribution in [0, 0.1) is 0 Å². The van der Waals surface area contributed by atoms with Gasteiger partial charge in [0.2, 0.25) is 0 Å². The minimum absolute atomic E-state index is 0.256. The molecule has 0 aromatic heterocycles. The van der Waals surface area contributed by atoms with Crippen LogP contribution in [0.5, 0.6) is 0 Å². The van der Waals surface area contributed by atoms with Gasteiger partial charge in [-0.05, 0) is 25.7 Å². The summed E-state index contributed by atoms with van der Waals surface area (Å²) in [6.07, 6.45) is 5.93. The highest BCUT2D eigenvalue weighted by Crippen LogP contribution is 2.17. The molecule has 0 spiro atoms. The van der Waals surface area contributed by atoms with E-state index in [2.05, 4.69) is 5.32 Å². The molecule has 1 saturated carbocycles. The number of aliphatic hydroxyl groups is 1. The standard InChI is InChI=1S/C12H23NO3/c14-11(7-13-10-3-1-4-10)8-15-9-12-5-2-6-16-12/h10-14H,1-9H2. The van der Waals surface area contributed by atoms with Gasteiger partial charge in [-0.1, -0.05) is 6.42 Å². The van der Waals surface area contributed by atoms with E-state index in [0.717, 1.165) is 19.4 Å². The molecule has 2 aliphatic rings. The van der Waals surface area contributed by atoms with Gasteiger partial charge < -0.3 is 19.9 Å². The summed E-state index contributed by atoms with van der Waals surface area (Å²) < 4.78 is 10.9. The molecule has 2 rings (SSSR count). The van der Waals surface area contributed by atoms with E-state index in [1.54, 1.807) is 0 Å². The molecule has 1 aliphatic carbocycles. The average molecular weight is 229 g/mol. The summed E-state index contributed by atoms with van der Waals surface area (Å²) in [5.41, 5.74) is 0. The van der Waals surface area contributed by atoms with Crippen molar-refractivity contribution in [3.05, 3.63) is 0 Å². The Balaban J connectivity index is 1.44. The van der Waals surface area contributed by atoms with Crippen LogP contribution >= 0.6 is 0 Å². The Bertz CT molecular complexity index is 191. The third kappa shape index (κ3) is 4.01. The molecule has 1 heterocycles. The van der Waals surface area contributed by atoms with Crippen LogP contribution in [-0.4, -0.2) is 49.7 Å². The number of hydrogen-bond donors (Lipinski definition) is 2. The van der Waals surface area contributed by atoms with Gasteiger partial charge in [0.25, 0.3) is 0 Å². The van der Waals surface area contributed by atoms with Gasteiger partial charge in [0.1, 0.15) is 0 Å². The fourth-order valence-corrected chi connectivity index (χ4v) is 2.09. The molecule has 1 aliphatic heterocycles. The Hall–Kier alpha value is -0.160. The van der Waals surface area contributed by atoms with Crippen molar-refractivity contribution in [1.82, 2.24) is 5.32 Å². The van der Waals surface area contributed by atoms with E-state index in [1.165, 1.54) is 19.3 Å². The summed E-state index contributed by atoms with van der Waals surface area (Å²) in [5, 5.41) is 13.0. The molecule has 0 amide bonds. The Morgan fingerprint density at radius 2 is 2.19 bits per heavy atom. The van der Waals surface area contributed by atoms with Crippen LogP contribution < -0.4 is 5.32 Å². The summed E-state index contributed by atoms with van der Waals surface area (Å²) >= 11 is 0. The van der Waals surface area contributed by atoms with E-state index in [-0.39, 0.29) is 12.2 Å². The van der Waals surface area contributed by atoms with Gasteiger partial charge in [-0.15, -0.1) is 0 Å². The Labute approximate surface area is 97.3 Å². The topological polar surface area (TPSA) is 50.7 Å². The molecule has 0 radical (unpaired) electrons. The Morgan fingerprint density at radius 1 is 1.31 bits per heavy atom. The summed E-state index contributed by atoms with van der Waals surface area (Å²) in [4.78, 5) is 0. The predicted octanol–water partition coefficient (Wildman–Crippen LogP) is 0.685. The minimum atomic E-state index is -0.387. The highest BCUT2D eigenvalue weighted by molar-refractivity contribution is 4.77. The molecule has 4 nitrogen and oxygen atoms in total. The number of ether oxygens (including phenoxy) is 2. The van der Waals surface area contributed by atoms with Crippen LogP contribution in [-0.2, 0) is 9.47 Å². The lowest BCUT2D eigenvalue weighted by Crippen LogP contribution is -2.41. The maximum Gasteiger partial charge on any atom is 0.0897 e. The Morgan fingerprint density at radius 3 is 2.81 bits per heavy atom. The first-order valence-corrected chi connectivity index (χ1v) is 6.45.